The first-order chi connectivity index (χ1) is 12.6. The van der Waals surface area contributed by atoms with Crippen LogP contribution >= 0.6 is 0 Å². The van der Waals surface area contributed by atoms with E-state index in [-0.39, 0.29) is 11.8 Å². The lowest BCUT2D eigenvalue weighted by molar-refractivity contribution is -0.122. The van der Waals surface area contributed by atoms with Crippen molar-refractivity contribution in [2.75, 3.05) is 17.2 Å². The van der Waals surface area contributed by atoms with Gasteiger partial charge in [-0.05, 0) is 55.8 Å². The normalized spacial score (nSPS) is 15.5. The molecule has 0 aromatic heterocycles. The summed E-state index contributed by atoms with van der Waals surface area (Å²) in [7, 11) is 0. The van der Waals surface area contributed by atoms with Gasteiger partial charge in [-0.1, -0.05) is 13.3 Å². The van der Waals surface area contributed by atoms with Gasteiger partial charge < -0.3 is 20.1 Å². The number of ether oxygens (including phenoxy) is 2. The minimum atomic E-state index is -0.527. The highest BCUT2D eigenvalue weighted by atomic mass is 16.5. The minimum absolute atomic E-state index is 0.209. The Hall–Kier alpha value is -3.02. The number of nitrogens with one attached hydrogen (secondary N) is 2. The van der Waals surface area contributed by atoms with Crippen molar-refractivity contribution in [1.29, 1.82) is 0 Å². The highest BCUT2D eigenvalue weighted by Crippen LogP contribution is 2.32. The van der Waals surface area contributed by atoms with Crippen molar-refractivity contribution in [3.63, 3.8) is 0 Å². The third-order valence-corrected chi connectivity index (χ3v) is 4.05. The lowest BCUT2D eigenvalue weighted by atomic mass is 10.1. The fraction of sp³-hybridized carbons (Fsp3) is 0.300. The van der Waals surface area contributed by atoms with Crippen LogP contribution in [0, 0.1) is 0 Å². The van der Waals surface area contributed by atoms with E-state index < -0.39 is 6.10 Å². The van der Waals surface area contributed by atoms with Crippen LogP contribution in [0.15, 0.2) is 42.5 Å². The van der Waals surface area contributed by atoms with Gasteiger partial charge in [-0.15, -0.1) is 0 Å². The van der Waals surface area contributed by atoms with Crippen LogP contribution in [0.3, 0.4) is 0 Å². The number of hydrogen-bond acceptors (Lipinski definition) is 4. The fourth-order valence-corrected chi connectivity index (χ4v) is 2.53. The van der Waals surface area contributed by atoms with Crippen LogP contribution in [0.5, 0.6) is 11.5 Å². The number of unbranched alkanes of at least 4 members (excludes halogenated alkanes) is 1. The third-order valence-electron chi connectivity index (χ3n) is 4.05. The number of hydrogen-bond donors (Lipinski definition) is 2. The van der Waals surface area contributed by atoms with Crippen molar-refractivity contribution in [3.05, 3.63) is 48.0 Å². The molecule has 0 aliphatic carbocycles. The summed E-state index contributed by atoms with van der Waals surface area (Å²) in [6, 6.07) is 12.2. The summed E-state index contributed by atoms with van der Waals surface area (Å²) in [6.07, 6.45) is 1.55. The molecule has 26 heavy (non-hydrogen) atoms. The molecule has 2 amide bonds. The van der Waals surface area contributed by atoms with Crippen LogP contribution < -0.4 is 20.1 Å². The van der Waals surface area contributed by atoms with Crippen molar-refractivity contribution in [1.82, 2.24) is 0 Å². The van der Waals surface area contributed by atoms with Gasteiger partial charge in [0.2, 0.25) is 0 Å². The maximum atomic E-state index is 12.4. The summed E-state index contributed by atoms with van der Waals surface area (Å²) in [5.41, 5.74) is 1.65. The lowest BCUT2D eigenvalue weighted by Gasteiger charge is -2.23. The van der Waals surface area contributed by atoms with E-state index in [1.54, 1.807) is 49.4 Å². The summed E-state index contributed by atoms with van der Waals surface area (Å²) in [6.45, 7) is 4.46. The van der Waals surface area contributed by atoms with Crippen LogP contribution in [0.1, 0.15) is 37.0 Å². The van der Waals surface area contributed by atoms with Gasteiger partial charge in [0, 0.05) is 11.3 Å². The zero-order valence-corrected chi connectivity index (χ0v) is 14.9. The van der Waals surface area contributed by atoms with Gasteiger partial charge in [-0.2, -0.15) is 0 Å². The highest BCUT2D eigenvalue weighted by Gasteiger charge is 2.23. The number of anilines is 2. The molecule has 1 atom stereocenters. The van der Waals surface area contributed by atoms with Crippen molar-refractivity contribution >= 4 is 23.2 Å². The first kappa shape index (κ1) is 17.8. The molecule has 6 heteroatoms. The van der Waals surface area contributed by atoms with Gasteiger partial charge in [-0.25, -0.2) is 0 Å². The van der Waals surface area contributed by atoms with Crippen LogP contribution in [-0.2, 0) is 4.79 Å². The van der Waals surface area contributed by atoms with Crippen molar-refractivity contribution in [2.24, 2.45) is 0 Å². The third kappa shape index (κ3) is 4.14. The molecule has 2 aromatic rings. The second-order valence-electron chi connectivity index (χ2n) is 6.14. The highest BCUT2D eigenvalue weighted by molar-refractivity contribution is 6.05. The summed E-state index contributed by atoms with van der Waals surface area (Å²) >= 11 is 0. The Bertz CT molecular complexity index is 802. The molecule has 0 saturated carbocycles. The Morgan fingerprint density at radius 2 is 2.00 bits per heavy atom. The van der Waals surface area contributed by atoms with Crippen molar-refractivity contribution < 1.29 is 19.1 Å². The van der Waals surface area contributed by atoms with E-state index in [0.717, 1.165) is 18.6 Å². The molecule has 1 aliphatic rings. The Labute approximate surface area is 152 Å². The van der Waals surface area contributed by atoms with Crippen LogP contribution in [0.2, 0.25) is 0 Å². The Balaban J connectivity index is 1.65. The number of fused-ring (bicyclic) bond motifs is 1. The number of benzene rings is 2. The van der Waals surface area contributed by atoms with Crippen LogP contribution in [0.4, 0.5) is 11.4 Å². The molecule has 2 N–H and O–H groups in total. The number of carbonyl (C=O) groups excluding carboxylic acids is 2. The van der Waals surface area contributed by atoms with Crippen molar-refractivity contribution in [2.45, 2.75) is 32.8 Å². The average Bonchev–Trinajstić information content (AvgIpc) is 2.64. The van der Waals surface area contributed by atoms with Crippen molar-refractivity contribution in [3.8, 4) is 11.5 Å². The summed E-state index contributed by atoms with van der Waals surface area (Å²) in [5, 5.41) is 5.58. The lowest BCUT2D eigenvalue weighted by Crippen LogP contribution is -2.34. The van der Waals surface area contributed by atoms with Crippen LogP contribution in [-0.4, -0.2) is 24.5 Å². The standard InChI is InChI=1S/C20H22N2O4/c1-3-4-11-25-16-8-5-14(6-9-16)20(24)21-15-7-10-18-17(12-15)22-19(23)13(2)26-18/h5-10,12-13H,3-4,11H2,1-2H3,(H,21,24)(H,22,23)/t13-/m1/s1. The second kappa shape index (κ2) is 7.91. The van der Waals surface area contributed by atoms with Gasteiger partial charge in [0.05, 0.1) is 12.3 Å². The molecule has 2 aromatic carbocycles. The summed E-state index contributed by atoms with van der Waals surface area (Å²) in [4.78, 5) is 24.1. The van der Waals surface area contributed by atoms with Gasteiger partial charge >= 0.3 is 0 Å². The maximum Gasteiger partial charge on any atom is 0.265 e. The SMILES string of the molecule is CCCCOc1ccc(C(=O)Nc2ccc3c(c2)NC(=O)[C@@H](C)O3)cc1. The molecule has 0 fully saturated rings. The Morgan fingerprint density at radius 1 is 1.23 bits per heavy atom. The molecule has 0 bridgehead atoms. The van der Waals surface area contributed by atoms with E-state index in [0.29, 0.717) is 29.3 Å². The molecule has 6 nitrogen and oxygen atoms in total. The Morgan fingerprint density at radius 3 is 2.73 bits per heavy atom. The smallest absolute Gasteiger partial charge is 0.265 e. The quantitative estimate of drug-likeness (QED) is 0.773. The van der Waals surface area contributed by atoms with E-state index in [4.69, 9.17) is 9.47 Å². The molecule has 0 radical (unpaired) electrons. The maximum absolute atomic E-state index is 12.4. The predicted octanol–water partition coefficient (Wildman–Crippen LogP) is 3.84. The Kier molecular flexibility index (Phi) is 5.41. The van der Waals surface area contributed by atoms with Crippen LogP contribution in [0.25, 0.3) is 0 Å². The number of rotatable bonds is 6. The van der Waals surface area contributed by atoms with Gasteiger partial charge in [0.15, 0.2) is 6.10 Å². The molecule has 136 valence electrons. The van der Waals surface area contributed by atoms with E-state index in [1.807, 2.05) is 0 Å². The first-order valence-corrected chi connectivity index (χ1v) is 8.72. The van der Waals surface area contributed by atoms with E-state index in [1.165, 1.54) is 0 Å². The topological polar surface area (TPSA) is 76.7 Å². The molecule has 1 heterocycles. The number of amides is 2. The zero-order valence-electron chi connectivity index (χ0n) is 14.9. The number of carbonyl (C=O) groups is 2. The second-order valence-corrected chi connectivity index (χ2v) is 6.14. The summed E-state index contributed by atoms with van der Waals surface area (Å²) in [5.74, 6) is 0.891. The van der Waals surface area contributed by atoms with Gasteiger partial charge in [0.25, 0.3) is 11.8 Å². The van der Waals surface area contributed by atoms with E-state index in [2.05, 4.69) is 17.6 Å². The van der Waals surface area contributed by atoms with Gasteiger partial charge in [-0.3, -0.25) is 9.59 Å². The van der Waals surface area contributed by atoms with E-state index >= 15 is 0 Å². The zero-order chi connectivity index (χ0) is 18.5. The molecular formula is C20H22N2O4. The fourth-order valence-electron chi connectivity index (χ4n) is 2.53. The molecule has 0 spiro atoms. The molecule has 0 saturated heterocycles. The molecule has 0 unspecified atom stereocenters. The van der Waals surface area contributed by atoms with E-state index in [9.17, 15) is 9.59 Å². The predicted molar refractivity (Wildman–Crippen MR) is 100.0 cm³/mol. The monoisotopic (exact) mass is 354 g/mol. The molecule has 1 aliphatic heterocycles. The largest absolute Gasteiger partial charge is 0.494 e. The summed E-state index contributed by atoms with van der Waals surface area (Å²) < 4.78 is 11.1. The molecule has 3 rings (SSSR count). The average molecular weight is 354 g/mol. The first-order valence-electron chi connectivity index (χ1n) is 8.72. The minimum Gasteiger partial charge on any atom is -0.494 e. The van der Waals surface area contributed by atoms with Gasteiger partial charge in [0.1, 0.15) is 11.5 Å². The molecular weight excluding hydrogens is 332 g/mol.